The van der Waals surface area contributed by atoms with Crippen molar-refractivity contribution < 1.29 is 4.79 Å². The zero-order chi connectivity index (χ0) is 15.9. The Morgan fingerprint density at radius 1 is 1.27 bits per heavy atom. The lowest BCUT2D eigenvalue weighted by atomic mass is 10.0. The first-order chi connectivity index (χ1) is 10.5. The molecule has 0 radical (unpaired) electrons. The summed E-state index contributed by atoms with van der Waals surface area (Å²) >= 11 is 5.25. The van der Waals surface area contributed by atoms with E-state index in [9.17, 15) is 4.79 Å². The van der Waals surface area contributed by atoms with Crippen LogP contribution in [-0.2, 0) is 4.79 Å². The van der Waals surface area contributed by atoms with Crippen LogP contribution in [0.15, 0.2) is 30.3 Å². The Labute approximate surface area is 134 Å². The molecule has 0 bridgehead atoms. The summed E-state index contributed by atoms with van der Waals surface area (Å²) in [4.78, 5) is 14.1. The molecule has 3 rings (SSSR count). The van der Waals surface area contributed by atoms with Gasteiger partial charge in [0, 0.05) is 17.8 Å². The average molecular weight is 314 g/mol. The predicted octanol–water partition coefficient (Wildman–Crippen LogP) is 2.27. The van der Waals surface area contributed by atoms with E-state index in [1.165, 1.54) is 0 Å². The lowest BCUT2D eigenvalue weighted by Gasteiger charge is -2.11. The normalized spacial score (nSPS) is 18.0. The maximum absolute atomic E-state index is 12.5. The molecule has 1 atom stereocenters. The van der Waals surface area contributed by atoms with Crippen LogP contribution in [0.2, 0.25) is 0 Å². The molecule has 1 aliphatic rings. The zero-order valence-corrected chi connectivity index (χ0v) is 13.6. The van der Waals surface area contributed by atoms with Crippen LogP contribution in [-0.4, -0.2) is 32.2 Å². The minimum absolute atomic E-state index is 0.00804. The number of carbonyl (C=O) groups excluding carboxylic acids is 1. The molecule has 2 heterocycles. The molecule has 1 N–H and O–H groups in total. The van der Waals surface area contributed by atoms with Crippen LogP contribution in [0.3, 0.4) is 0 Å². The summed E-state index contributed by atoms with van der Waals surface area (Å²) < 4.78 is 1.87. The summed E-state index contributed by atoms with van der Waals surface area (Å²) in [5.74, 6) is -0.00804. The second-order valence-corrected chi connectivity index (χ2v) is 5.68. The second-order valence-electron chi connectivity index (χ2n) is 5.30. The number of benzene rings is 1. The largest absolute Gasteiger partial charge is 0.347 e. The summed E-state index contributed by atoms with van der Waals surface area (Å²) in [5.41, 5.74) is 3.69. The molecule has 1 aromatic carbocycles. The van der Waals surface area contributed by atoms with Crippen molar-refractivity contribution >= 4 is 23.2 Å². The van der Waals surface area contributed by atoms with E-state index < -0.39 is 6.04 Å². The standard InChI is InChI=1S/C16H18N4OS/c1-4-19-15(21)14(17-16(19)22)13-10(2)18-20(11(13)3)12-8-6-5-7-9-12/h5-9,14H,4H2,1-3H3,(H,17,22)/t14-/m1/s1. The Balaban J connectivity index is 2.05. The molecule has 22 heavy (non-hydrogen) atoms. The minimum Gasteiger partial charge on any atom is -0.347 e. The molecule has 5 nitrogen and oxygen atoms in total. The van der Waals surface area contributed by atoms with Crippen molar-refractivity contribution in [2.75, 3.05) is 6.54 Å². The highest BCUT2D eigenvalue weighted by atomic mass is 32.1. The van der Waals surface area contributed by atoms with Crippen molar-refractivity contribution in [3.63, 3.8) is 0 Å². The molecular weight excluding hydrogens is 296 g/mol. The van der Waals surface area contributed by atoms with Crippen LogP contribution >= 0.6 is 12.2 Å². The average Bonchev–Trinajstić information content (AvgIpc) is 2.96. The van der Waals surface area contributed by atoms with E-state index in [1.54, 1.807) is 4.90 Å². The van der Waals surface area contributed by atoms with Gasteiger partial charge in [-0.25, -0.2) is 4.68 Å². The lowest BCUT2D eigenvalue weighted by molar-refractivity contribution is -0.127. The number of likely N-dealkylation sites (N-methyl/N-ethyl adjacent to an activating group) is 1. The van der Waals surface area contributed by atoms with Gasteiger partial charge in [-0.3, -0.25) is 9.69 Å². The van der Waals surface area contributed by atoms with Crippen molar-refractivity contribution in [3.8, 4) is 5.69 Å². The molecule has 1 aliphatic heterocycles. The minimum atomic E-state index is -0.440. The Morgan fingerprint density at radius 2 is 1.95 bits per heavy atom. The van der Waals surface area contributed by atoms with Crippen LogP contribution in [0.25, 0.3) is 5.69 Å². The molecule has 0 aliphatic carbocycles. The van der Waals surface area contributed by atoms with Gasteiger partial charge in [0.2, 0.25) is 0 Å². The van der Waals surface area contributed by atoms with Gasteiger partial charge in [0.1, 0.15) is 6.04 Å². The maximum atomic E-state index is 12.5. The van der Waals surface area contributed by atoms with Gasteiger partial charge in [-0.2, -0.15) is 5.10 Å². The van der Waals surface area contributed by atoms with E-state index >= 15 is 0 Å². The van der Waals surface area contributed by atoms with Crippen molar-refractivity contribution in [1.29, 1.82) is 0 Å². The number of aryl methyl sites for hydroxylation is 1. The van der Waals surface area contributed by atoms with Crippen LogP contribution in [0.5, 0.6) is 0 Å². The van der Waals surface area contributed by atoms with Gasteiger partial charge in [0.05, 0.1) is 11.4 Å². The van der Waals surface area contributed by atoms with Gasteiger partial charge in [0.25, 0.3) is 5.91 Å². The van der Waals surface area contributed by atoms with E-state index in [2.05, 4.69) is 10.4 Å². The van der Waals surface area contributed by atoms with Gasteiger partial charge in [-0.1, -0.05) is 18.2 Å². The first-order valence-corrected chi connectivity index (χ1v) is 7.68. The third kappa shape index (κ3) is 2.20. The van der Waals surface area contributed by atoms with E-state index in [4.69, 9.17) is 12.2 Å². The quantitative estimate of drug-likeness (QED) is 0.883. The van der Waals surface area contributed by atoms with Gasteiger partial charge in [-0.15, -0.1) is 0 Å². The third-order valence-corrected chi connectivity index (χ3v) is 4.32. The predicted molar refractivity (Wildman–Crippen MR) is 88.9 cm³/mol. The van der Waals surface area contributed by atoms with Gasteiger partial charge >= 0.3 is 0 Å². The van der Waals surface area contributed by atoms with E-state index in [-0.39, 0.29) is 5.91 Å². The van der Waals surface area contributed by atoms with Crippen molar-refractivity contribution in [3.05, 3.63) is 47.3 Å². The molecule has 1 fully saturated rings. The van der Waals surface area contributed by atoms with E-state index in [1.807, 2.05) is 55.8 Å². The summed E-state index contributed by atoms with van der Waals surface area (Å²) in [5, 5.41) is 8.21. The second kappa shape index (κ2) is 5.53. The smallest absolute Gasteiger partial charge is 0.256 e. The summed E-state index contributed by atoms with van der Waals surface area (Å²) in [7, 11) is 0. The number of carbonyl (C=O) groups is 1. The van der Waals surface area contributed by atoms with Gasteiger partial charge < -0.3 is 5.32 Å². The lowest BCUT2D eigenvalue weighted by Crippen LogP contribution is -2.30. The molecule has 6 heteroatoms. The van der Waals surface area contributed by atoms with Crippen LogP contribution in [0, 0.1) is 13.8 Å². The number of hydrogen-bond acceptors (Lipinski definition) is 3. The fourth-order valence-corrected chi connectivity index (χ4v) is 3.24. The molecule has 0 spiro atoms. The molecule has 0 saturated carbocycles. The van der Waals surface area contributed by atoms with Gasteiger partial charge in [0.15, 0.2) is 5.11 Å². The SMILES string of the molecule is CCN1C(=O)[C@@H](c2c(C)nn(-c3ccccc3)c2C)NC1=S. The molecule has 114 valence electrons. The van der Waals surface area contributed by atoms with Crippen LogP contribution in [0.1, 0.15) is 29.9 Å². The van der Waals surface area contributed by atoms with E-state index in [0.29, 0.717) is 11.7 Å². The molecule has 1 amide bonds. The Hall–Kier alpha value is -2.21. The highest BCUT2D eigenvalue weighted by Gasteiger charge is 2.38. The highest BCUT2D eigenvalue weighted by Crippen LogP contribution is 2.28. The topological polar surface area (TPSA) is 50.2 Å². The number of nitrogens with zero attached hydrogens (tertiary/aromatic N) is 3. The zero-order valence-electron chi connectivity index (χ0n) is 12.8. The number of thiocarbonyl (C=S) groups is 1. The van der Waals surface area contributed by atoms with Gasteiger partial charge in [-0.05, 0) is 45.1 Å². The third-order valence-electron chi connectivity index (χ3n) is 3.98. The number of nitrogens with one attached hydrogen (secondary N) is 1. The summed E-state index contributed by atoms with van der Waals surface area (Å²) in [6, 6.07) is 9.46. The molecule has 1 aromatic heterocycles. The van der Waals surface area contributed by atoms with Crippen LogP contribution in [0.4, 0.5) is 0 Å². The van der Waals surface area contributed by atoms with Crippen molar-refractivity contribution in [1.82, 2.24) is 20.0 Å². The van der Waals surface area contributed by atoms with E-state index in [0.717, 1.165) is 22.6 Å². The first-order valence-electron chi connectivity index (χ1n) is 7.28. The fraction of sp³-hybridized carbons (Fsp3) is 0.312. The maximum Gasteiger partial charge on any atom is 0.256 e. The van der Waals surface area contributed by atoms with Crippen molar-refractivity contribution in [2.24, 2.45) is 0 Å². The fourth-order valence-electron chi connectivity index (χ4n) is 2.91. The summed E-state index contributed by atoms with van der Waals surface area (Å²) in [6.07, 6.45) is 0. The Morgan fingerprint density at radius 3 is 2.55 bits per heavy atom. The number of hydrogen-bond donors (Lipinski definition) is 1. The molecule has 1 saturated heterocycles. The van der Waals surface area contributed by atoms with Crippen molar-refractivity contribution in [2.45, 2.75) is 26.8 Å². The number of rotatable bonds is 3. The molecule has 2 aromatic rings. The number of amides is 1. The number of para-hydroxylation sites is 1. The molecule has 0 unspecified atom stereocenters. The highest BCUT2D eigenvalue weighted by molar-refractivity contribution is 7.80. The first kappa shape index (κ1) is 14.7. The Bertz CT molecular complexity index is 738. The number of aromatic nitrogens is 2. The Kier molecular flexibility index (Phi) is 3.70. The monoisotopic (exact) mass is 314 g/mol. The molecular formula is C16H18N4OS. The summed E-state index contributed by atoms with van der Waals surface area (Å²) in [6.45, 7) is 6.40. The van der Waals surface area contributed by atoms with Crippen LogP contribution < -0.4 is 5.32 Å².